The first kappa shape index (κ1) is 25.9. The number of nitrogens with zero attached hydrogens (tertiary/aromatic N) is 5. The van der Waals surface area contributed by atoms with E-state index in [0.29, 0.717) is 21.9 Å². The van der Waals surface area contributed by atoms with Crippen LogP contribution in [-0.4, -0.2) is 31.0 Å². The summed E-state index contributed by atoms with van der Waals surface area (Å²) >= 11 is 4.81. The molecule has 0 aliphatic carbocycles. The number of aromatic nitrogens is 5. The van der Waals surface area contributed by atoms with Crippen molar-refractivity contribution in [1.82, 2.24) is 24.4 Å². The molecule has 3 aromatic carbocycles. The molecule has 0 spiro atoms. The van der Waals surface area contributed by atoms with E-state index in [4.69, 9.17) is 9.84 Å². The zero-order valence-electron chi connectivity index (χ0n) is 21.6. The molecule has 0 amide bonds. The molecule has 0 aliphatic rings. The predicted octanol–water partition coefficient (Wildman–Crippen LogP) is 6.27. The molecular weight excluding hydrogens is 586 g/mol. The summed E-state index contributed by atoms with van der Waals surface area (Å²) in [5.74, 6) is 1.32. The van der Waals surface area contributed by atoms with Crippen molar-refractivity contribution in [2.75, 3.05) is 6.61 Å². The number of hydrogen-bond donors (Lipinski definition) is 0. The average Bonchev–Trinajstić information content (AvgIpc) is 3.67. The molecule has 0 bridgehead atoms. The van der Waals surface area contributed by atoms with Crippen molar-refractivity contribution in [2.45, 2.75) is 13.3 Å². The van der Waals surface area contributed by atoms with Crippen molar-refractivity contribution >= 4 is 50.5 Å². The second-order valence-corrected chi connectivity index (χ2v) is 11.0. The lowest BCUT2D eigenvalue weighted by atomic mass is 10.1. The Morgan fingerprint density at radius 3 is 2.45 bits per heavy atom. The first-order chi connectivity index (χ1) is 19.6. The van der Waals surface area contributed by atoms with Gasteiger partial charge in [0.05, 0.1) is 22.5 Å². The van der Waals surface area contributed by atoms with Crippen LogP contribution >= 0.6 is 27.3 Å². The van der Waals surface area contributed by atoms with Gasteiger partial charge in [0, 0.05) is 21.8 Å². The number of para-hydroxylation sites is 1. The van der Waals surface area contributed by atoms with Gasteiger partial charge < -0.3 is 4.74 Å². The van der Waals surface area contributed by atoms with E-state index in [1.54, 1.807) is 6.08 Å². The highest BCUT2D eigenvalue weighted by atomic mass is 79.9. The van der Waals surface area contributed by atoms with Gasteiger partial charge in [0.25, 0.3) is 5.56 Å². The Bertz CT molecular complexity index is 1910. The Balaban J connectivity index is 1.33. The summed E-state index contributed by atoms with van der Waals surface area (Å²) in [6.45, 7) is 2.78. The number of benzene rings is 3. The summed E-state index contributed by atoms with van der Waals surface area (Å²) in [4.78, 5) is 18.4. The van der Waals surface area contributed by atoms with Gasteiger partial charge in [0.1, 0.15) is 5.75 Å². The number of fused-ring (bicyclic) bond motifs is 1. The lowest BCUT2D eigenvalue weighted by Crippen LogP contribution is -2.23. The van der Waals surface area contributed by atoms with Crippen LogP contribution in [0.25, 0.3) is 40.1 Å². The average molecular weight is 611 g/mol. The summed E-state index contributed by atoms with van der Waals surface area (Å²) in [5.41, 5.74) is 4.29. The molecule has 9 heteroatoms. The van der Waals surface area contributed by atoms with Gasteiger partial charge in [-0.25, -0.2) is 4.68 Å². The molecule has 0 N–H and O–H groups in total. The molecule has 0 radical (unpaired) electrons. The van der Waals surface area contributed by atoms with E-state index in [2.05, 4.69) is 32.9 Å². The Morgan fingerprint density at radius 2 is 1.73 bits per heavy atom. The number of halogens is 1. The molecule has 0 saturated carbocycles. The molecule has 0 fully saturated rings. The van der Waals surface area contributed by atoms with Crippen molar-refractivity contribution in [3.05, 3.63) is 121 Å². The first-order valence-corrected chi connectivity index (χ1v) is 14.4. The zero-order chi connectivity index (χ0) is 27.5. The van der Waals surface area contributed by atoms with Crippen LogP contribution in [0.2, 0.25) is 0 Å². The van der Waals surface area contributed by atoms with Crippen molar-refractivity contribution < 1.29 is 4.74 Å². The third kappa shape index (κ3) is 5.52. The zero-order valence-corrected chi connectivity index (χ0v) is 24.0. The number of thiazole rings is 1. The van der Waals surface area contributed by atoms with Crippen LogP contribution < -0.4 is 14.8 Å². The van der Waals surface area contributed by atoms with Crippen LogP contribution in [0.15, 0.2) is 94.3 Å². The minimum absolute atomic E-state index is 0.209. The Morgan fingerprint density at radius 1 is 0.950 bits per heavy atom. The van der Waals surface area contributed by atoms with E-state index in [9.17, 15) is 4.79 Å². The first-order valence-electron chi connectivity index (χ1n) is 12.8. The highest BCUT2D eigenvalue weighted by Gasteiger charge is 2.14. The fourth-order valence-corrected chi connectivity index (χ4v) is 5.33. The molecule has 0 atom stereocenters. The third-order valence-corrected chi connectivity index (χ3v) is 7.63. The summed E-state index contributed by atoms with van der Waals surface area (Å²) in [7, 11) is 0. The van der Waals surface area contributed by atoms with Gasteiger partial charge in [-0.1, -0.05) is 82.7 Å². The van der Waals surface area contributed by atoms with Gasteiger partial charge in [-0.3, -0.25) is 4.79 Å². The lowest BCUT2D eigenvalue weighted by molar-refractivity contribution is 0.317. The molecular formula is C31H24BrN5O2S. The predicted molar refractivity (Wildman–Crippen MR) is 164 cm³/mol. The smallest absolute Gasteiger partial charge is 0.291 e. The van der Waals surface area contributed by atoms with Gasteiger partial charge in [0.2, 0.25) is 4.96 Å². The van der Waals surface area contributed by atoms with Crippen LogP contribution in [0.5, 0.6) is 5.75 Å². The Hall–Kier alpha value is -4.34. The fraction of sp³-hybridized carbons (Fsp3) is 0.0968. The topological polar surface area (TPSA) is 74.3 Å². The SMILES string of the molecule is CCCOc1ccc(/C=C/c2nc3s/c(=C\c4cn(-c5ccccc5)nc4-c4ccc(Br)cc4)c(=O)n3n2)cc1. The van der Waals surface area contributed by atoms with Gasteiger partial charge >= 0.3 is 0 Å². The standard InChI is InChI=1S/C31H24BrN5O2S/c1-2-18-39-26-15-8-21(9-16-26)10-17-28-33-31-37(34-28)30(38)27(40-31)19-23-20-36(25-6-4-3-5-7-25)35-29(23)22-11-13-24(32)14-12-22/h3-17,19-20H,2,18H2,1H3/b17-10+,27-19-. The maximum absolute atomic E-state index is 13.3. The maximum Gasteiger partial charge on any atom is 0.291 e. The van der Waals surface area contributed by atoms with Crippen LogP contribution in [0.4, 0.5) is 0 Å². The molecule has 6 aromatic rings. The van der Waals surface area contributed by atoms with E-state index >= 15 is 0 Å². The molecule has 6 rings (SSSR count). The second-order valence-electron chi connectivity index (χ2n) is 9.05. The fourth-order valence-electron chi connectivity index (χ4n) is 4.16. The molecule has 3 aromatic heterocycles. The normalized spacial score (nSPS) is 12.1. The monoisotopic (exact) mass is 609 g/mol. The van der Waals surface area contributed by atoms with Crippen LogP contribution in [0.3, 0.4) is 0 Å². The van der Waals surface area contributed by atoms with Crippen molar-refractivity contribution in [2.24, 2.45) is 0 Å². The Kier molecular flexibility index (Phi) is 7.39. The summed E-state index contributed by atoms with van der Waals surface area (Å²) < 4.78 is 10.4. The molecule has 0 aliphatic heterocycles. The van der Waals surface area contributed by atoms with E-state index in [1.807, 2.05) is 102 Å². The largest absolute Gasteiger partial charge is 0.494 e. The number of rotatable bonds is 8. The van der Waals surface area contributed by atoms with E-state index in [0.717, 1.165) is 44.7 Å². The van der Waals surface area contributed by atoms with Gasteiger partial charge in [-0.15, -0.1) is 5.10 Å². The summed E-state index contributed by atoms with van der Waals surface area (Å²) in [6.07, 6.45) is 8.50. The highest BCUT2D eigenvalue weighted by Crippen LogP contribution is 2.26. The van der Waals surface area contributed by atoms with Crippen LogP contribution in [0.1, 0.15) is 30.3 Å². The van der Waals surface area contributed by atoms with Gasteiger partial charge in [-0.2, -0.15) is 14.6 Å². The number of hydrogen-bond acceptors (Lipinski definition) is 6. The summed E-state index contributed by atoms with van der Waals surface area (Å²) in [6, 6.07) is 25.7. The molecule has 0 unspecified atom stereocenters. The minimum atomic E-state index is -0.209. The van der Waals surface area contributed by atoms with E-state index in [1.165, 1.54) is 15.9 Å². The third-order valence-electron chi connectivity index (χ3n) is 6.14. The van der Waals surface area contributed by atoms with Crippen LogP contribution in [0, 0.1) is 0 Å². The van der Waals surface area contributed by atoms with Crippen molar-refractivity contribution in [3.63, 3.8) is 0 Å². The quantitative estimate of drug-likeness (QED) is 0.203. The Labute approximate surface area is 242 Å². The van der Waals surface area contributed by atoms with E-state index < -0.39 is 0 Å². The van der Waals surface area contributed by atoms with Gasteiger partial charge in [-0.05, 0) is 60.5 Å². The van der Waals surface area contributed by atoms with Crippen molar-refractivity contribution in [3.8, 4) is 22.7 Å². The second kappa shape index (κ2) is 11.4. The van der Waals surface area contributed by atoms with Gasteiger partial charge in [0.15, 0.2) is 5.82 Å². The lowest BCUT2D eigenvalue weighted by Gasteiger charge is -2.03. The molecule has 7 nitrogen and oxygen atoms in total. The van der Waals surface area contributed by atoms with E-state index in [-0.39, 0.29) is 5.56 Å². The molecule has 3 heterocycles. The molecule has 198 valence electrons. The highest BCUT2D eigenvalue weighted by molar-refractivity contribution is 9.10. The van der Waals surface area contributed by atoms with Crippen molar-refractivity contribution in [1.29, 1.82) is 0 Å². The molecule has 0 saturated heterocycles. The molecule has 40 heavy (non-hydrogen) atoms. The maximum atomic E-state index is 13.3. The number of ether oxygens (including phenoxy) is 1. The summed E-state index contributed by atoms with van der Waals surface area (Å²) in [5, 5.41) is 9.29. The van der Waals surface area contributed by atoms with Crippen LogP contribution in [-0.2, 0) is 0 Å². The minimum Gasteiger partial charge on any atom is -0.494 e.